The van der Waals surface area contributed by atoms with E-state index < -0.39 is 0 Å². The van der Waals surface area contributed by atoms with Crippen molar-refractivity contribution in [3.63, 3.8) is 0 Å². The van der Waals surface area contributed by atoms with Gasteiger partial charge in [0.1, 0.15) is 6.26 Å². The SMILES string of the molecule is CN1[B]N(c2ncco2)C=C1.[Ir]. The van der Waals surface area contributed by atoms with Gasteiger partial charge in [-0.1, -0.05) is 0 Å². The van der Waals surface area contributed by atoms with Gasteiger partial charge in [-0.05, 0) is 7.05 Å². The molecule has 0 aromatic carbocycles. The first-order valence-corrected chi connectivity index (χ1v) is 3.29. The summed E-state index contributed by atoms with van der Waals surface area (Å²) in [6, 6.07) is 0.589. The third-order valence-electron chi connectivity index (χ3n) is 1.41. The number of aromatic nitrogens is 1. The van der Waals surface area contributed by atoms with Gasteiger partial charge in [-0.3, -0.25) is 0 Å². The van der Waals surface area contributed by atoms with Crippen LogP contribution in [0.3, 0.4) is 0 Å². The molecule has 0 saturated carbocycles. The maximum Gasteiger partial charge on any atom is 0.399 e. The van der Waals surface area contributed by atoms with E-state index in [4.69, 9.17) is 4.42 Å². The summed E-state index contributed by atoms with van der Waals surface area (Å²) in [5, 5.41) is 0. The summed E-state index contributed by atoms with van der Waals surface area (Å²) >= 11 is 0. The fourth-order valence-electron chi connectivity index (χ4n) is 0.907. The summed E-state index contributed by atoms with van der Waals surface area (Å²) in [5.41, 5.74) is 0. The molecule has 0 amide bonds. The summed E-state index contributed by atoms with van der Waals surface area (Å²) in [5.74, 6) is 0. The Hall–Kier alpha value is -0.736. The van der Waals surface area contributed by atoms with Crippen LogP contribution in [-0.4, -0.2) is 24.4 Å². The molecule has 64 valence electrons. The van der Waals surface area contributed by atoms with Gasteiger partial charge in [0, 0.05) is 32.5 Å². The molecule has 0 fully saturated rings. The number of oxazole rings is 1. The first-order chi connectivity index (χ1) is 5.36. The van der Waals surface area contributed by atoms with E-state index in [1.54, 1.807) is 17.3 Å². The Bertz CT molecular complexity index is 264. The second-order valence-corrected chi connectivity index (χ2v) is 2.30. The molecule has 4 nitrogen and oxygen atoms in total. The molecule has 1 aromatic heterocycles. The maximum atomic E-state index is 5.07. The summed E-state index contributed by atoms with van der Waals surface area (Å²) in [6.07, 6.45) is 6.97. The zero-order valence-corrected chi connectivity index (χ0v) is 8.87. The van der Waals surface area contributed by atoms with E-state index in [0.717, 1.165) is 0 Å². The normalized spacial score (nSPS) is 14.4. The van der Waals surface area contributed by atoms with Gasteiger partial charge in [-0.2, -0.15) is 0 Å². The molecular weight excluding hydrogens is 333 g/mol. The summed E-state index contributed by atoms with van der Waals surface area (Å²) in [6.45, 7) is 0. The van der Waals surface area contributed by atoms with E-state index in [2.05, 4.69) is 4.98 Å². The molecule has 2 rings (SSSR count). The van der Waals surface area contributed by atoms with E-state index in [1.165, 1.54) is 0 Å². The van der Waals surface area contributed by atoms with E-state index in [9.17, 15) is 0 Å². The average molecular weight is 340 g/mol. The molecule has 12 heavy (non-hydrogen) atoms. The van der Waals surface area contributed by atoms with Crippen molar-refractivity contribution in [2.24, 2.45) is 0 Å². The summed E-state index contributed by atoms with van der Waals surface area (Å²) in [7, 11) is 3.82. The Morgan fingerprint density at radius 3 is 2.83 bits per heavy atom. The van der Waals surface area contributed by atoms with Gasteiger partial charge >= 0.3 is 7.55 Å². The minimum absolute atomic E-state index is 0. The van der Waals surface area contributed by atoms with E-state index in [0.29, 0.717) is 6.01 Å². The predicted octanol–water partition coefficient (Wildman–Crippen LogP) is 0.429. The zero-order chi connectivity index (χ0) is 7.68. The number of anilines is 1. The van der Waals surface area contributed by atoms with Crippen LogP contribution >= 0.6 is 0 Å². The molecule has 2 radical (unpaired) electrons. The van der Waals surface area contributed by atoms with Crippen LogP contribution in [0.25, 0.3) is 0 Å². The molecule has 2 heterocycles. The smallest absolute Gasteiger partial charge is 0.399 e. The maximum absolute atomic E-state index is 5.07. The molecule has 1 aliphatic heterocycles. The van der Waals surface area contributed by atoms with Crippen molar-refractivity contribution in [1.29, 1.82) is 0 Å². The van der Waals surface area contributed by atoms with Crippen LogP contribution in [0.15, 0.2) is 29.3 Å². The van der Waals surface area contributed by atoms with Crippen LogP contribution in [0, 0.1) is 0 Å². The van der Waals surface area contributed by atoms with Crippen molar-refractivity contribution in [2.45, 2.75) is 0 Å². The third-order valence-corrected chi connectivity index (χ3v) is 1.41. The van der Waals surface area contributed by atoms with E-state index in [-0.39, 0.29) is 20.1 Å². The summed E-state index contributed by atoms with van der Waals surface area (Å²) in [4.78, 5) is 7.71. The number of nitrogens with zero attached hydrogens (tertiary/aromatic N) is 3. The monoisotopic (exact) mass is 341 g/mol. The van der Waals surface area contributed by atoms with Crippen molar-refractivity contribution < 1.29 is 24.5 Å². The zero-order valence-electron chi connectivity index (χ0n) is 6.47. The van der Waals surface area contributed by atoms with Crippen molar-refractivity contribution in [3.8, 4) is 0 Å². The molecule has 0 spiro atoms. The average Bonchev–Trinajstić information content (AvgIpc) is 2.55. The van der Waals surface area contributed by atoms with Gasteiger partial charge in [0.2, 0.25) is 0 Å². The third kappa shape index (κ3) is 1.70. The Kier molecular flexibility index (Phi) is 2.95. The minimum atomic E-state index is 0. The van der Waals surface area contributed by atoms with Crippen molar-refractivity contribution in [1.82, 2.24) is 9.79 Å². The Morgan fingerprint density at radius 1 is 1.50 bits per heavy atom. The molecule has 0 aliphatic carbocycles. The fourth-order valence-corrected chi connectivity index (χ4v) is 0.907. The van der Waals surface area contributed by atoms with E-state index in [1.807, 2.05) is 31.8 Å². The van der Waals surface area contributed by atoms with Crippen LogP contribution < -0.4 is 4.81 Å². The second kappa shape index (κ2) is 3.78. The number of hydrogen-bond donors (Lipinski definition) is 0. The van der Waals surface area contributed by atoms with Crippen LogP contribution in [0.2, 0.25) is 0 Å². The summed E-state index contributed by atoms with van der Waals surface area (Å²) < 4.78 is 5.07. The quantitative estimate of drug-likeness (QED) is 0.695. The van der Waals surface area contributed by atoms with E-state index >= 15 is 0 Å². The fraction of sp³-hybridized carbons (Fsp3) is 0.167. The molecule has 0 unspecified atom stereocenters. The van der Waals surface area contributed by atoms with Crippen molar-refractivity contribution in [2.75, 3.05) is 11.9 Å². The van der Waals surface area contributed by atoms with Crippen LogP contribution in [0.4, 0.5) is 6.01 Å². The molecule has 0 atom stereocenters. The van der Waals surface area contributed by atoms with Gasteiger partial charge in [-0.15, -0.1) is 0 Å². The topological polar surface area (TPSA) is 32.5 Å². The van der Waals surface area contributed by atoms with Crippen LogP contribution in [-0.2, 0) is 20.1 Å². The molecule has 1 aliphatic rings. The second-order valence-electron chi connectivity index (χ2n) is 2.30. The molecule has 1 aromatic rings. The van der Waals surface area contributed by atoms with Gasteiger partial charge in [0.05, 0.1) is 6.20 Å². The predicted molar refractivity (Wildman–Crippen MR) is 41.6 cm³/mol. The van der Waals surface area contributed by atoms with Gasteiger partial charge in [0.25, 0.3) is 6.01 Å². The Balaban J connectivity index is 0.000000720. The first kappa shape index (κ1) is 9.35. The van der Waals surface area contributed by atoms with Crippen molar-refractivity contribution in [3.05, 3.63) is 24.9 Å². The number of rotatable bonds is 1. The Morgan fingerprint density at radius 2 is 2.33 bits per heavy atom. The first-order valence-electron chi connectivity index (χ1n) is 3.29. The van der Waals surface area contributed by atoms with Gasteiger partial charge < -0.3 is 14.0 Å². The van der Waals surface area contributed by atoms with Gasteiger partial charge in [-0.25, -0.2) is 4.98 Å². The van der Waals surface area contributed by atoms with Crippen LogP contribution in [0.1, 0.15) is 0 Å². The molecule has 0 bridgehead atoms. The number of hydrogen-bond acceptors (Lipinski definition) is 4. The van der Waals surface area contributed by atoms with Crippen molar-refractivity contribution >= 4 is 13.6 Å². The Labute approximate surface area is 84.9 Å². The molecule has 0 saturated heterocycles. The largest absolute Gasteiger partial charge is 0.433 e. The standard InChI is InChI=1S/C6H7BN3O.Ir/c1-9-3-4-10(7-9)6-8-2-5-11-6;/h2-5H,1H3;. The molecule has 0 N–H and O–H groups in total. The molecular formula is C6H7BIrN3O. The van der Waals surface area contributed by atoms with Gasteiger partial charge in [0.15, 0.2) is 0 Å². The molecule has 6 heteroatoms. The van der Waals surface area contributed by atoms with Crippen LogP contribution in [0.5, 0.6) is 0 Å². The minimum Gasteiger partial charge on any atom is -0.433 e.